The summed E-state index contributed by atoms with van der Waals surface area (Å²) in [5.74, 6) is 0.728. The average Bonchev–Trinajstić information content (AvgIpc) is 2.18. The van der Waals surface area contributed by atoms with Crippen molar-refractivity contribution in [1.82, 2.24) is 10.2 Å². The summed E-state index contributed by atoms with van der Waals surface area (Å²) in [5.41, 5.74) is 0. The zero-order valence-electron chi connectivity index (χ0n) is 9.37. The van der Waals surface area contributed by atoms with Gasteiger partial charge < -0.3 is 15.0 Å². The molecule has 1 saturated heterocycles. The van der Waals surface area contributed by atoms with Crippen LogP contribution >= 0.6 is 0 Å². The van der Waals surface area contributed by atoms with Gasteiger partial charge in [-0.05, 0) is 32.4 Å². The molecular weight excluding hydrogens is 192 g/mol. The van der Waals surface area contributed by atoms with Crippen molar-refractivity contribution in [1.29, 1.82) is 0 Å². The van der Waals surface area contributed by atoms with Gasteiger partial charge in [-0.2, -0.15) is 0 Å². The van der Waals surface area contributed by atoms with E-state index in [1.165, 1.54) is 0 Å². The van der Waals surface area contributed by atoms with Crippen LogP contribution in [0, 0.1) is 5.92 Å². The molecule has 0 spiro atoms. The Kier molecular flexibility index (Phi) is 5.18. The van der Waals surface area contributed by atoms with Crippen molar-refractivity contribution >= 4 is 6.09 Å². The molecule has 0 aromatic heterocycles. The van der Waals surface area contributed by atoms with Crippen molar-refractivity contribution in [2.24, 2.45) is 5.92 Å². The Morgan fingerprint density at radius 2 is 2.40 bits per heavy atom. The third-order valence-corrected chi connectivity index (χ3v) is 2.64. The van der Waals surface area contributed by atoms with Gasteiger partial charge in [-0.25, -0.2) is 4.79 Å². The van der Waals surface area contributed by atoms with Gasteiger partial charge in [-0.3, -0.25) is 0 Å². The zero-order valence-corrected chi connectivity index (χ0v) is 9.37. The summed E-state index contributed by atoms with van der Waals surface area (Å²) in [5, 5.41) is 3.22. The van der Waals surface area contributed by atoms with E-state index in [0.29, 0.717) is 13.2 Å². The topological polar surface area (TPSA) is 41.6 Å². The lowest BCUT2D eigenvalue weighted by Crippen LogP contribution is -2.44. The first-order chi connectivity index (χ1) is 7.27. The molecule has 86 valence electrons. The standard InChI is InChI=1S/C11H20N2O2/c1-3-7-15-11(14)13(4-2)6-5-10-8-12-9-10/h3,10,12H,1,4-9H2,2H3. The number of hydrogen-bond acceptors (Lipinski definition) is 3. The van der Waals surface area contributed by atoms with Crippen LogP contribution in [0.1, 0.15) is 13.3 Å². The van der Waals surface area contributed by atoms with Gasteiger partial charge in [0.25, 0.3) is 0 Å². The van der Waals surface area contributed by atoms with Crippen molar-refractivity contribution in [3.05, 3.63) is 12.7 Å². The number of ether oxygens (including phenoxy) is 1. The fourth-order valence-electron chi connectivity index (χ4n) is 1.49. The van der Waals surface area contributed by atoms with E-state index in [0.717, 1.165) is 32.0 Å². The second-order valence-corrected chi connectivity index (χ2v) is 3.76. The monoisotopic (exact) mass is 212 g/mol. The van der Waals surface area contributed by atoms with Crippen LogP contribution in [0.15, 0.2) is 12.7 Å². The third-order valence-electron chi connectivity index (χ3n) is 2.64. The highest BCUT2D eigenvalue weighted by Gasteiger charge is 2.19. The predicted octanol–water partition coefficient (Wildman–Crippen LogP) is 1.24. The molecule has 1 heterocycles. The molecule has 1 rings (SSSR count). The fraction of sp³-hybridized carbons (Fsp3) is 0.727. The second-order valence-electron chi connectivity index (χ2n) is 3.76. The van der Waals surface area contributed by atoms with Crippen LogP contribution in [0.25, 0.3) is 0 Å². The maximum Gasteiger partial charge on any atom is 0.410 e. The molecule has 0 aromatic carbocycles. The van der Waals surface area contributed by atoms with E-state index in [9.17, 15) is 4.79 Å². The van der Waals surface area contributed by atoms with Crippen molar-refractivity contribution in [2.45, 2.75) is 13.3 Å². The van der Waals surface area contributed by atoms with Gasteiger partial charge in [0.1, 0.15) is 6.61 Å². The molecule has 1 fully saturated rings. The molecule has 1 aliphatic rings. The van der Waals surface area contributed by atoms with E-state index < -0.39 is 0 Å². The normalized spacial score (nSPS) is 15.5. The molecule has 1 amide bonds. The molecule has 4 nitrogen and oxygen atoms in total. The SMILES string of the molecule is C=CCOC(=O)N(CC)CCC1CNC1. The lowest BCUT2D eigenvalue weighted by Gasteiger charge is -2.29. The van der Waals surface area contributed by atoms with Crippen molar-refractivity contribution in [3.8, 4) is 0 Å². The minimum Gasteiger partial charge on any atom is -0.445 e. The van der Waals surface area contributed by atoms with Crippen LogP contribution in [-0.2, 0) is 4.74 Å². The van der Waals surface area contributed by atoms with E-state index in [2.05, 4.69) is 11.9 Å². The van der Waals surface area contributed by atoms with Gasteiger partial charge in [-0.1, -0.05) is 12.7 Å². The summed E-state index contributed by atoms with van der Waals surface area (Å²) < 4.78 is 4.98. The van der Waals surface area contributed by atoms with Gasteiger partial charge in [0.2, 0.25) is 0 Å². The molecule has 0 saturated carbocycles. The largest absolute Gasteiger partial charge is 0.445 e. The van der Waals surface area contributed by atoms with Crippen molar-refractivity contribution in [2.75, 3.05) is 32.8 Å². The second kappa shape index (κ2) is 6.45. The Hall–Kier alpha value is -1.03. The Bertz CT molecular complexity index is 215. The number of nitrogens with one attached hydrogen (secondary N) is 1. The number of rotatable bonds is 6. The van der Waals surface area contributed by atoms with Gasteiger partial charge in [0.15, 0.2) is 0 Å². The molecule has 4 heteroatoms. The van der Waals surface area contributed by atoms with E-state index in [4.69, 9.17) is 4.74 Å². The highest BCUT2D eigenvalue weighted by atomic mass is 16.6. The van der Waals surface area contributed by atoms with Gasteiger partial charge in [0.05, 0.1) is 0 Å². The van der Waals surface area contributed by atoms with Crippen LogP contribution in [0.5, 0.6) is 0 Å². The Morgan fingerprint density at radius 3 is 2.87 bits per heavy atom. The fourth-order valence-corrected chi connectivity index (χ4v) is 1.49. The van der Waals surface area contributed by atoms with Gasteiger partial charge in [-0.15, -0.1) is 0 Å². The lowest BCUT2D eigenvalue weighted by molar-refractivity contribution is 0.110. The molecular formula is C11H20N2O2. The molecule has 1 aliphatic heterocycles. The van der Waals surface area contributed by atoms with Crippen LogP contribution < -0.4 is 5.32 Å². The summed E-state index contributed by atoms with van der Waals surface area (Å²) in [6, 6.07) is 0. The first-order valence-electron chi connectivity index (χ1n) is 5.51. The minimum atomic E-state index is -0.232. The molecule has 0 bridgehead atoms. The van der Waals surface area contributed by atoms with Crippen molar-refractivity contribution in [3.63, 3.8) is 0 Å². The number of nitrogens with zero attached hydrogens (tertiary/aromatic N) is 1. The van der Waals surface area contributed by atoms with Crippen LogP contribution in [-0.4, -0.2) is 43.8 Å². The quantitative estimate of drug-likeness (QED) is 0.673. The zero-order chi connectivity index (χ0) is 11.1. The highest BCUT2D eigenvalue weighted by molar-refractivity contribution is 5.67. The first kappa shape index (κ1) is 12.0. The summed E-state index contributed by atoms with van der Waals surface area (Å²) in [6.07, 6.45) is 2.41. The maximum absolute atomic E-state index is 11.5. The van der Waals surface area contributed by atoms with Crippen molar-refractivity contribution < 1.29 is 9.53 Å². The van der Waals surface area contributed by atoms with E-state index in [-0.39, 0.29) is 6.09 Å². The Balaban J connectivity index is 2.20. The van der Waals surface area contributed by atoms with E-state index in [1.807, 2.05) is 6.92 Å². The number of carbonyl (C=O) groups excluding carboxylic acids is 1. The van der Waals surface area contributed by atoms with Crippen LogP contribution in [0.2, 0.25) is 0 Å². The summed E-state index contributed by atoms with van der Waals surface area (Å²) in [4.78, 5) is 13.2. The molecule has 1 N–H and O–H groups in total. The predicted molar refractivity (Wildman–Crippen MR) is 59.8 cm³/mol. The molecule has 0 atom stereocenters. The minimum absolute atomic E-state index is 0.232. The van der Waals surface area contributed by atoms with Gasteiger partial charge in [0, 0.05) is 13.1 Å². The van der Waals surface area contributed by atoms with Crippen LogP contribution in [0.4, 0.5) is 4.79 Å². The smallest absolute Gasteiger partial charge is 0.410 e. The van der Waals surface area contributed by atoms with E-state index >= 15 is 0 Å². The lowest BCUT2D eigenvalue weighted by atomic mass is 9.99. The summed E-state index contributed by atoms with van der Waals surface area (Å²) in [6.45, 7) is 9.43. The number of hydrogen-bond donors (Lipinski definition) is 1. The average molecular weight is 212 g/mol. The molecule has 0 radical (unpaired) electrons. The molecule has 0 unspecified atom stereocenters. The number of amides is 1. The Morgan fingerprint density at radius 1 is 1.67 bits per heavy atom. The maximum atomic E-state index is 11.5. The summed E-state index contributed by atoms with van der Waals surface area (Å²) >= 11 is 0. The molecule has 0 aliphatic carbocycles. The molecule has 15 heavy (non-hydrogen) atoms. The van der Waals surface area contributed by atoms with Gasteiger partial charge >= 0.3 is 6.09 Å². The van der Waals surface area contributed by atoms with Crippen LogP contribution in [0.3, 0.4) is 0 Å². The van der Waals surface area contributed by atoms with E-state index in [1.54, 1.807) is 11.0 Å². The highest BCUT2D eigenvalue weighted by Crippen LogP contribution is 2.09. The Labute approximate surface area is 91.3 Å². The molecule has 0 aromatic rings. The first-order valence-corrected chi connectivity index (χ1v) is 5.51. The third kappa shape index (κ3) is 3.91. The summed E-state index contributed by atoms with van der Waals surface area (Å²) in [7, 11) is 0. The number of carbonyl (C=O) groups is 1.